The Bertz CT molecular complexity index is 716. The monoisotopic (exact) mass is 387 g/mol. The number of para-hydroxylation sites is 1. The van der Waals surface area contributed by atoms with Crippen molar-refractivity contribution >= 4 is 27.5 Å². The molecule has 5 nitrogen and oxygen atoms in total. The van der Waals surface area contributed by atoms with Crippen molar-refractivity contribution in [2.75, 3.05) is 26.2 Å². The Morgan fingerprint density at radius 2 is 2.11 bits per heavy atom. The van der Waals surface area contributed by atoms with Crippen LogP contribution in [0.5, 0.6) is 0 Å². The van der Waals surface area contributed by atoms with Crippen LogP contribution in [0.4, 0.5) is 0 Å². The molecule has 2 aromatic rings. The van der Waals surface area contributed by atoms with E-state index in [-0.39, 0.29) is 12.0 Å². The number of nitrogens with zero attached hydrogens (tertiary/aromatic N) is 2. The number of likely N-dealkylation sites (tertiary alicyclic amines) is 1. The highest BCUT2D eigenvalue weighted by atomic mass is 32.1. The van der Waals surface area contributed by atoms with E-state index in [0.29, 0.717) is 18.9 Å². The number of ether oxygens (including phenoxy) is 1. The molecule has 0 radical (unpaired) electrons. The van der Waals surface area contributed by atoms with Crippen molar-refractivity contribution in [2.24, 2.45) is 5.92 Å². The van der Waals surface area contributed by atoms with Crippen molar-refractivity contribution in [3.8, 4) is 0 Å². The van der Waals surface area contributed by atoms with E-state index >= 15 is 0 Å². The van der Waals surface area contributed by atoms with E-state index < -0.39 is 0 Å². The lowest BCUT2D eigenvalue weighted by Crippen LogP contribution is -2.34. The third-order valence-corrected chi connectivity index (χ3v) is 6.76. The van der Waals surface area contributed by atoms with Gasteiger partial charge in [0.2, 0.25) is 5.91 Å². The number of fused-ring (bicyclic) bond motifs is 1. The van der Waals surface area contributed by atoms with Crippen LogP contribution in [0.2, 0.25) is 0 Å². The van der Waals surface area contributed by atoms with Gasteiger partial charge in [0.25, 0.3) is 0 Å². The highest BCUT2D eigenvalue weighted by molar-refractivity contribution is 7.18. The minimum Gasteiger partial charge on any atom is -0.376 e. The lowest BCUT2D eigenvalue weighted by molar-refractivity contribution is -0.122. The van der Waals surface area contributed by atoms with Gasteiger partial charge in [0, 0.05) is 19.6 Å². The summed E-state index contributed by atoms with van der Waals surface area (Å²) < 4.78 is 6.83. The molecule has 2 aliphatic rings. The molecular formula is C21H29N3O2S. The molecule has 1 amide bonds. The maximum atomic E-state index is 12.0. The first-order chi connectivity index (χ1) is 13.3. The third kappa shape index (κ3) is 5.27. The average molecular weight is 388 g/mol. The number of benzene rings is 1. The Kier molecular flexibility index (Phi) is 6.37. The van der Waals surface area contributed by atoms with Gasteiger partial charge in [0.1, 0.15) is 5.01 Å². The first-order valence-electron chi connectivity index (χ1n) is 10.2. The third-order valence-electron chi connectivity index (χ3n) is 5.73. The van der Waals surface area contributed by atoms with E-state index in [9.17, 15) is 4.79 Å². The molecule has 0 bridgehead atoms. The predicted octanol–water partition coefficient (Wildman–Crippen LogP) is 3.58. The highest BCUT2D eigenvalue weighted by Gasteiger charge is 2.21. The summed E-state index contributed by atoms with van der Waals surface area (Å²) in [6, 6.07) is 8.36. The van der Waals surface area contributed by atoms with E-state index in [1.807, 2.05) is 6.07 Å². The lowest BCUT2D eigenvalue weighted by Gasteiger charge is -2.31. The predicted molar refractivity (Wildman–Crippen MR) is 109 cm³/mol. The standard InChI is InChI=1S/C21H29N3O2S/c25-20(22-14-17-4-3-13-26-17)8-7-16-9-11-24(12-10-16)15-21-23-18-5-1-2-6-19(18)27-21/h1-2,5-6,16-17H,3-4,7-15H2,(H,22,25)/t17-/m0/s1. The van der Waals surface area contributed by atoms with E-state index in [1.54, 1.807) is 11.3 Å². The highest BCUT2D eigenvalue weighted by Crippen LogP contribution is 2.26. The number of nitrogens with one attached hydrogen (secondary N) is 1. The summed E-state index contributed by atoms with van der Waals surface area (Å²) in [6.07, 6.45) is 6.46. The fourth-order valence-corrected chi connectivity index (χ4v) is 5.08. The molecule has 6 heteroatoms. The van der Waals surface area contributed by atoms with Gasteiger partial charge in [-0.25, -0.2) is 4.98 Å². The van der Waals surface area contributed by atoms with Crippen molar-refractivity contribution in [1.82, 2.24) is 15.2 Å². The molecule has 27 heavy (non-hydrogen) atoms. The summed E-state index contributed by atoms with van der Waals surface area (Å²) in [5, 5.41) is 4.25. The Hall–Kier alpha value is -1.50. The van der Waals surface area contributed by atoms with Gasteiger partial charge < -0.3 is 10.1 Å². The molecule has 3 heterocycles. The second-order valence-corrected chi connectivity index (χ2v) is 8.89. The van der Waals surface area contributed by atoms with Gasteiger partial charge in [-0.3, -0.25) is 9.69 Å². The van der Waals surface area contributed by atoms with Gasteiger partial charge in [-0.15, -0.1) is 11.3 Å². The van der Waals surface area contributed by atoms with Crippen LogP contribution in [-0.4, -0.2) is 48.1 Å². The van der Waals surface area contributed by atoms with Crippen LogP contribution in [0.25, 0.3) is 10.2 Å². The van der Waals surface area contributed by atoms with Crippen LogP contribution in [0, 0.1) is 5.92 Å². The van der Waals surface area contributed by atoms with E-state index in [0.717, 1.165) is 51.0 Å². The summed E-state index contributed by atoms with van der Waals surface area (Å²) in [7, 11) is 0. The Morgan fingerprint density at radius 3 is 2.89 bits per heavy atom. The minimum atomic E-state index is 0.183. The SMILES string of the molecule is O=C(CCC1CCN(Cc2nc3ccccc3s2)CC1)NC[C@@H]1CCCO1. The van der Waals surface area contributed by atoms with Crippen LogP contribution in [-0.2, 0) is 16.1 Å². The van der Waals surface area contributed by atoms with E-state index in [4.69, 9.17) is 9.72 Å². The molecule has 0 spiro atoms. The molecule has 1 aromatic carbocycles. The molecule has 4 rings (SSSR count). The summed E-state index contributed by atoms with van der Waals surface area (Å²) in [4.78, 5) is 19.3. The van der Waals surface area contributed by atoms with Crippen molar-refractivity contribution in [3.05, 3.63) is 29.3 Å². The summed E-state index contributed by atoms with van der Waals surface area (Å²) in [5.41, 5.74) is 1.11. The zero-order valence-electron chi connectivity index (χ0n) is 15.9. The normalized spacial score (nSPS) is 21.7. The number of hydrogen-bond donors (Lipinski definition) is 1. The zero-order chi connectivity index (χ0) is 18.5. The first kappa shape index (κ1) is 18.8. The molecule has 2 aliphatic heterocycles. The molecule has 1 aromatic heterocycles. The number of carbonyl (C=O) groups excluding carboxylic acids is 1. The second-order valence-electron chi connectivity index (χ2n) is 7.77. The van der Waals surface area contributed by atoms with E-state index in [2.05, 4.69) is 28.4 Å². The minimum absolute atomic E-state index is 0.183. The Labute approximate surface area is 165 Å². The second kappa shape index (κ2) is 9.13. The quantitative estimate of drug-likeness (QED) is 0.789. The average Bonchev–Trinajstić information content (AvgIpc) is 3.35. The van der Waals surface area contributed by atoms with Crippen LogP contribution in [0.1, 0.15) is 43.5 Å². The zero-order valence-corrected chi connectivity index (χ0v) is 16.7. The molecule has 0 unspecified atom stereocenters. The number of hydrogen-bond acceptors (Lipinski definition) is 5. The summed E-state index contributed by atoms with van der Waals surface area (Å²) in [6.45, 7) is 4.69. The Morgan fingerprint density at radius 1 is 1.26 bits per heavy atom. The van der Waals surface area contributed by atoms with Crippen molar-refractivity contribution < 1.29 is 9.53 Å². The molecule has 2 saturated heterocycles. The topological polar surface area (TPSA) is 54.5 Å². The summed E-state index contributed by atoms with van der Waals surface area (Å²) >= 11 is 1.81. The van der Waals surface area contributed by atoms with Crippen LogP contribution in [0.3, 0.4) is 0 Å². The van der Waals surface area contributed by atoms with Gasteiger partial charge in [-0.1, -0.05) is 12.1 Å². The number of rotatable bonds is 7. The van der Waals surface area contributed by atoms with Gasteiger partial charge in [0.05, 0.1) is 22.9 Å². The van der Waals surface area contributed by atoms with Crippen molar-refractivity contribution in [2.45, 2.75) is 51.2 Å². The first-order valence-corrected chi connectivity index (χ1v) is 11.0. The Balaban J connectivity index is 1.15. The van der Waals surface area contributed by atoms with Gasteiger partial charge in [-0.05, 0) is 63.2 Å². The maximum absolute atomic E-state index is 12.0. The van der Waals surface area contributed by atoms with Crippen molar-refractivity contribution in [1.29, 1.82) is 0 Å². The van der Waals surface area contributed by atoms with Crippen LogP contribution in [0.15, 0.2) is 24.3 Å². The van der Waals surface area contributed by atoms with Crippen molar-refractivity contribution in [3.63, 3.8) is 0 Å². The number of piperidine rings is 1. The molecule has 146 valence electrons. The molecule has 0 aliphatic carbocycles. The fourth-order valence-electron chi connectivity index (χ4n) is 4.07. The van der Waals surface area contributed by atoms with Gasteiger partial charge in [0.15, 0.2) is 0 Å². The fraction of sp³-hybridized carbons (Fsp3) is 0.619. The smallest absolute Gasteiger partial charge is 0.220 e. The largest absolute Gasteiger partial charge is 0.376 e. The number of carbonyl (C=O) groups is 1. The molecule has 1 N–H and O–H groups in total. The van der Waals surface area contributed by atoms with Gasteiger partial charge in [-0.2, -0.15) is 0 Å². The summed E-state index contributed by atoms with van der Waals surface area (Å²) in [5.74, 6) is 0.854. The van der Waals surface area contributed by atoms with Crippen LogP contribution < -0.4 is 5.32 Å². The molecule has 1 atom stereocenters. The van der Waals surface area contributed by atoms with Crippen LogP contribution >= 0.6 is 11.3 Å². The van der Waals surface area contributed by atoms with E-state index in [1.165, 1.54) is 22.5 Å². The number of thiazole rings is 1. The van der Waals surface area contributed by atoms with Gasteiger partial charge >= 0.3 is 0 Å². The lowest BCUT2D eigenvalue weighted by atomic mass is 9.92. The molecular weight excluding hydrogens is 358 g/mol. The number of aromatic nitrogens is 1. The molecule has 2 fully saturated rings. The maximum Gasteiger partial charge on any atom is 0.220 e. The number of amides is 1. The molecule has 0 saturated carbocycles.